The van der Waals surface area contributed by atoms with E-state index in [2.05, 4.69) is 22.5 Å². The van der Waals surface area contributed by atoms with Gasteiger partial charge in [-0.1, -0.05) is 55.5 Å². The Hall–Kier alpha value is -2.56. The number of nitrogens with one attached hydrogen (secondary N) is 2. The molecule has 11 heteroatoms. The molecule has 1 aliphatic carbocycles. The van der Waals surface area contributed by atoms with E-state index < -0.39 is 6.04 Å². The Morgan fingerprint density at radius 3 is 2.51 bits per heavy atom. The predicted octanol–water partition coefficient (Wildman–Crippen LogP) is 7.38. The summed E-state index contributed by atoms with van der Waals surface area (Å²) in [5.41, 5.74) is 1.91. The van der Waals surface area contributed by atoms with Gasteiger partial charge in [0, 0.05) is 43.9 Å². The van der Waals surface area contributed by atoms with Crippen LogP contribution in [0.1, 0.15) is 88.1 Å². The Kier molecular flexibility index (Phi) is 14.5. The van der Waals surface area contributed by atoms with Gasteiger partial charge in [0.15, 0.2) is 0 Å². The van der Waals surface area contributed by atoms with Crippen molar-refractivity contribution in [1.29, 1.82) is 0 Å². The standard InChI is InChI=1S/C36H52Cl2N4O5/c1-24-20-42(25(2)23-43)35(44)30-19-29(40-36(45)39-28-11-6-5-7-12-28)14-16-33(30)47-26(3)10-8-9-17-46-34(24)22-41(4)21-27-13-15-31(37)32(38)18-27/h13-16,18-19,24-26,28,34,43H,5-12,17,20-23H2,1-4H3,(H2,39,40,45)/t24-,25+,26-,34-/m0/s1. The summed E-state index contributed by atoms with van der Waals surface area (Å²) >= 11 is 12.4. The molecular weight excluding hydrogens is 639 g/mol. The Bertz CT molecular complexity index is 1320. The summed E-state index contributed by atoms with van der Waals surface area (Å²) in [4.78, 5) is 31.1. The third kappa shape index (κ3) is 11.2. The normalized spacial score (nSPS) is 22.6. The summed E-state index contributed by atoms with van der Waals surface area (Å²) in [7, 11) is 2.04. The van der Waals surface area contributed by atoms with Crippen LogP contribution < -0.4 is 15.4 Å². The summed E-state index contributed by atoms with van der Waals surface area (Å²) in [6.45, 7) is 7.98. The highest BCUT2D eigenvalue weighted by Gasteiger charge is 2.30. The Morgan fingerprint density at radius 1 is 1.04 bits per heavy atom. The molecule has 1 aliphatic heterocycles. The molecule has 0 unspecified atom stereocenters. The second-order valence-corrected chi connectivity index (χ2v) is 14.2. The number of fused-ring (bicyclic) bond motifs is 1. The number of aliphatic hydroxyl groups is 1. The molecule has 1 fully saturated rings. The van der Waals surface area contributed by atoms with Crippen LogP contribution in [0.15, 0.2) is 36.4 Å². The van der Waals surface area contributed by atoms with Gasteiger partial charge in [-0.15, -0.1) is 0 Å². The maximum atomic E-state index is 14.4. The third-order valence-electron chi connectivity index (χ3n) is 9.18. The van der Waals surface area contributed by atoms with Crippen LogP contribution in [0.4, 0.5) is 10.5 Å². The van der Waals surface area contributed by atoms with Crippen molar-refractivity contribution in [1.82, 2.24) is 15.1 Å². The minimum Gasteiger partial charge on any atom is -0.490 e. The summed E-state index contributed by atoms with van der Waals surface area (Å²) in [5, 5.41) is 17.3. The van der Waals surface area contributed by atoms with Gasteiger partial charge < -0.3 is 30.1 Å². The molecule has 0 radical (unpaired) electrons. The summed E-state index contributed by atoms with van der Waals surface area (Å²) in [5.74, 6) is 0.143. The van der Waals surface area contributed by atoms with Crippen molar-refractivity contribution in [3.8, 4) is 5.75 Å². The van der Waals surface area contributed by atoms with Crippen molar-refractivity contribution in [2.24, 2.45) is 5.92 Å². The highest BCUT2D eigenvalue weighted by Crippen LogP contribution is 2.29. The first kappa shape index (κ1) is 37.3. The molecule has 0 spiro atoms. The number of hydrogen-bond acceptors (Lipinski definition) is 6. The summed E-state index contributed by atoms with van der Waals surface area (Å²) in [6.07, 6.45) is 7.69. The minimum absolute atomic E-state index is 0.0574. The lowest BCUT2D eigenvalue weighted by atomic mass is 9.96. The molecule has 260 valence electrons. The fraction of sp³-hybridized carbons (Fsp3) is 0.611. The second-order valence-electron chi connectivity index (χ2n) is 13.4. The van der Waals surface area contributed by atoms with E-state index in [0.717, 1.165) is 50.5 Å². The number of nitrogens with zero attached hydrogens (tertiary/aromatic N) is 2. The predicted molar refractivity (Wildman–Crippen MR) is 189 cm³/mol. The molecule has 47 heavy (non-hydrogen) atoms. The number of halogens is 2. The molecule has 2 aromatic rings. The maximum Gasteiger partial charge on any atom is 0.319 e. The summed E-state index contributed by atoms with van der Waals surface area (Å²) in [6, 6.07) is 10.3. The molecule has 0 aromatic heterocycles. The molecular formula is C36H52Cl2N4O5. The highest BCUT2D eigenvalue weighted by atomic mass is 35.5. The lowest BCUT2D eigenvalue weighted by Crippen LogP contribution is -2.47. The molecule has 0 bridgehead atoms. The highest BCUT2D eigenvalue weighted by molar-refractivity contribution is 6.42. The Morgan fingerprint density at radius 2 is 1.79 bits per heavy atom. The number of anilines is 1. The molecule has 2 aliphatic rings. The average molecular weight is 692 g/mol. The molecule has 4 atom stereocenters. The number of rotatable bonds is 8. The van der Waals surface area contributed by atoms with E-state index in [4.69, 9.17) is 32.7 Å². The maximum absolute atomic E-state index is 14.4. The minimum atomic E-state index is -0.455. The van der Waals surface area contributed by atoms with Crippen molar-refractivity contribution in [2.45, 2.75) is 103 Å². The van der Waals surface area contributed by atoms with E-state index in [1.807, 2.05) is 33.0 Å². The van der Waals surface area contributed by atoms with E-state index in [0.29, 0.717) is 53.3 Å². The average Bonchev–Trinajstić information content (AvgIpc) is 3.04. The van der Waals surface area contributed by atoms with Crippen molar-refractivity contribution in [3.05, 3.63) is 57.6 Å². The lowest BCUT2D eigenvalue weighted by molar-refractivity contribution is -0.0177. The number of carbonyl (C=O) groups is 2. The number of benzene rings is 2. The van der Waals surface area contributed by atoms with Crippen molar-refractivity contribution >= 4 is 40.8 Å². The van der Waals surface area contributed by atoms with Crippen molar-refractivity contribution in [2.75, 3.05) is 38.7 Å². The van der Waals surface area contributed by atoms with Gasteiger partial charge in [-0.05, 0) is 88.9 Å². The molecule has 2 aromatic carbocycles. The van der Waals surface area contributed by atoms with Gasteiger partial charge in [0.05, 0.1) is 40.5 Å². The molecule has 1 heterocycles. The molecule has 4 rings (SSSR count). The van der Waals surface area contributed by atoms with E-state index in [-0.39, 0.29) is 42.7 Å². The van der Waals surface area contributed by atoms with Gasteiger partial charge in [0.25, 0.3) is 5.91 Å². The first-order valence-electron chi connectivity index (χ1n) is 17.1. The van der Waals surface area contributed by atoms with Crippen LogP contribution in [-0.4, -0.2) is 84.5 Å². The number of ether oxygens (including phenoxy) is 2. The van der Waals surface area contributed by atoms with Gasteiger partial charge in [-0.3, -0.25) is 9.69 Å². The van der Waals surface area contributed by atoms with Gasteiger partial charge in [0.2, 0.25) is 0 Å². The molecule has 3 N–H and O–H groups in total. The van der Waals surface area contributed by atoms with Gasteiger partial charge in [0.1, 0.15) is 5.75 Å². The van der Waals surface area contributed by atoms with Gasteiger partial charge >= 0.3 is 6.03 Å². The number of urea groups is 1. The van der Waals surface area contributed by atoms with Crippen LogP contribution in [0.2, 0.25) is 10.0 Å². The third-order valence-corrected chi connectivity index (χ3v) is 9.92. The Labute approximate surface area is 290 Å². The van der Waals surface area contributed by atoms with E-state index in [1.54, 1.807) is 29.2 Å². The Balaban J connectivity index is 1.56. The number of aliphatic hydroxyl groups excluding tert-OH is 1. The molecule has 9 nitrogen and oxygen atoms in total. The molecule has 0 saturated heterocycles. The van der Waals surface area contributed by atoms with Crippen LogP contribution in [0, 0.1) is 5.92 Å². The number of amides is 3. The smallest absolute Gasteiger partial charge is 0.319 e. The number of likely N-dealkylation sites (N-methyl/N-ethyl adjacent to an activating group) is 1. The van der Waals surface area contributed by atoms with E-state index in [1.165, 1.54) is 6.42 Å². The van der Waals surface area contributed by atoms with E-state index in [9.17, 15) is 14.7 Å². The zero-order valence-corrected chi connectivity index (χ0v) is 29.8. The van der Waals surface area contributed by atoms with Gasteiger partial charge in [-0.2, -0.15) is 0 Å². The van der Waals surface area contributed by atoms with Crippen molar-refractivity contribution in [3.63, 3.8) is 0 Å². The fourth-order valence-corrected chi connectivity index (χ4v) is 6.70. The topological polar surface area (TPSA) is 103 Å². The SMILES string of the molecule is C[C@H](CO)N1C[C@H](C)[C@H](CN(C)Cc2ccc(Cl)c(Cl)c2)OCCCC[C@H](C)Oc2ccc(NC(=O)NC3CCCCC3)cc2C1=O. The van der Waals surface area contributed by atoms with Crippen LogP contribution in [0.25, 0.3) is 0 Å². The van der Waals surface area contributed by atoms with Crippen LogP contribution >= 0.6 is 23.2 Å². The van der Waals surface area contributed by atoms with Crippen LogP contribution in [-0.2, 0) is 11.3 Å². The molecule has 1 saturated carbocycles. The molecule has 3 amide bonds. The zero-order chi connectivity index (χ0) is 33.9. The fourth-order valence-electron chi connectivity index (χ4n) is 6.38. The van der Waals surface area contributed by atoms with Crippen molar-refractivity contribution < 1.29 is 24.2 Å². The lowest BCUT2D eigenvalue weighted by Gasteiger charge is -2.36. The largest absolute Gasteiger partial charge is 0.490 e. The first-order chi connectivity index (χ1) is 22.5. The van der Waals surface area contributed by atoms with E-state index >= 15 is 0 Å². The zero-order valence-electron chi connectivity index (χ0n) is 28.3. The van der Waals surface area contributed by atoms with Crippen LogP contribution in [0.3, 0.4) is 0 Å². The summed E-state index contributed by atoms with van der Waals surface area (Å²) < 4.78 is 12.8. The second kappa shape index (κ2) is 18.3. The van der Waals surface area contributed by atoms with Gasteiger partial charge in [-0.25, -0.2) is 4.79 Å². The monoisotopic (exact) mass is 690 g/mol. The number of hydrogen-bond donors (Lipinski definition) is 3. The van der Waals surface area contributed by atoms with Crippen LogP contribution in [0.5, 0.6) is 5.75 Å². The first-order valence-corrected chi connectivity index (χ1v) is 17.8. The quantitative estimate of drug-likeness (QED) is 0.267. The number of carbonyl (C=O) groups excluding carboxylic acids is 2.